The SMILES string of the molecule is O=C(CSc1nnc(-c2ccccc2F)n1Cc1ccccc1)c1ccc2c(c1)OCCO2. The van der Waals surface area contributed by atoms with Gasteiger partial charge in [-0.15, -0.1) is 10.2 Å². The standard InChI is InChI=1S/C25H20FN3O3S/c26-20-9-5-4-8-19(20)24-27-28-25(29(24)15-17-6-2-1-3-7-17)33-16-21(30)18-10-11-22-23(14-18)32-13-12-31-22/h1-11,14H,12-13,15-16H2. The second-order valence-electron chi connectivity index (χ2n) is 7.43. The highest BCUT2D eigenvalue weighted by Crippen LogP contribution is 2.32. The summed E-state index contributed by atoms with van der Waals surface area (Å²) in [5.41, 5.74) is 1.93. The van der Waals surface area contributed by atoms with Gasteiger partial charge in [0.15, 0.2) is 28.3 Å². The Balaban J connectivity index is 1.40. The smallest absolute Gasteiger partial charge is 0.192 e. The summed E-state index contributed by atoms with van der Waals surface area (Å²) < 4.78 is 27.5. The molecule has 0 amide bonds. The van der Waals surface area contributed by atoms with Crippen LogP contribution in [0.1, 0.15) is 15.9 Å². The van der Waals surface area contributed by atoms with E-state index in [1.54, 1.807) is 36.4 Å². The molecule has 5 rings (SSSR count). The van der Waals surface area contributed by atoms with Crippen LogP contribution in [0.15, 0.2) is 78.0 Å². The Hall–Kier alpha value is -3.65. The maximum Gasteiger partial charge on any atom is 0.192 e. The van der Waals surface area contributed by atoms with Crippen LogP contribution in [0.5, 0.6) is 11.5 Å². The number of rotatable bonds is 7. The van der Waals surface area contributed by atoms with Gasteiger partial charge < -0.3 is 9.47 Å². The molecule has 0 unspecified atom stereocenters. The van der Waals surface area contributed by atoms with Gasteiger partial charge in [-0.05, 0) is 35.9 Å². The fourth-order valence-corrected chi connectivity index (χ4v) is 4.41. The molecule has 3 aromatic carbocycles. The van der Waals surface area contributed by atoms with Crippen molar-refractivity contribution in [2.75, 3.05) is 19.0 Å². The first-order chi connectivity index (χ1) is 16.2. The molecule has 0 aliphatic carbocycles. The number of aromatic nitrogens is 3. The third-order valence-electron chi connectivity index (χ3n) is 5.21. The molecule has 0 saturated carbocycles. The number of hydrogen-bond acceptors (Lipinski definition) is 6. The molecule has 0 radical (unpaired) electrons. The number of nitrogens with zero attached hydrogens (tertiary/aromatic N) is 3. The lowest BCUT2D eigenvalue weighted by atomic mass is 10.1. The lowest BCUT2D eigenvalue weighted by molar-refractivity contribution is 0.102. The Kier molecular flexibility index (Phi) is 6.08. The van der Waals surface area contributed by atoms with E-state index in [9.17, 15) is 9.18 Å². The molecule has 0 spiro atoms. The van der Waals surface area contributed by atoms with Crippen LogP contribution in [0.3, 0.4) is 0 Å². The lowest BCUT2D eigenvalue weighted by Gasteiger charge is -2.18. The van der Waals surface area contributed by atoms with Gasteiger partial charge in [-0.2, -0.15) is 0 Å². The zero-order valence-corrected chi connectivity index (χ0v) is 18.4. The molecular formula is C25H20FN3O3S. The molecule has 0 N–H and O–H groups in total. The normalized spacial score (nSPS) is 12.5. The Morgan fingerprint density at radius 2 is 1.70 bits per heavy atom. The highest BCUT2D eigenvalue weighted by Gasteiger charge is 2.20. The summed E-state index contributed by atoms with van der Waals surface area (Å²) in [6.07, 6.45) is 0. The summed E-state index contributed by atoms with van der Waals surface area (Å²) in [6, 6.07) is 21.5. The first kappa shape index (κ1) is 21.2. The van der Waals surface area contributed by atoms with Crippen molar-refractivity contribution in [3.05, 3.63) is 89.7 Å². The van der Waals surface area contributed by atoms with E-state index < -0.39 is 0 Å². The average molecular weight is 462 g/mol. The quantitative estimate of drug-likeness (QED) is 0.289. The van der Waals surface area contributed by atoms with Crippen LogP contribution >= 0.6 is 11.8 Å². The second kappa shape index (κ2) is 9.46. The maximum atomic E-state index is 14.5. The van der Waals surface area contributed by atoms with Gasteiger partial charge in [-0.1, -0.05) is 54.2 Å². The summed E-state index contributed by atoms with van der Waals surface area (Å²) >= 11 is 1.27. The van der Waals surface area contributed by atoms with Gasteiger partial charge in [0, 0.05) is 5.56 Å². The number of benzene rings is 3. The highest BCUT2D eigenvalue weighted by atomic mass is 32.2. The molecule has 1 aromatic heterocycles. The summed E-state index contributed by atoms with van der Waals surface area (Å²) in [6.45, 7) is 1.41. The molecule has 0 saturated heterocycles. The van der Waals surface area contributed by atoms with E-state index in [0.717, 1.165) is 5.56 Å². The van der Waals surface area contributed by atoms with Gasteiger partial charge >= 0.3 is 0 Å². The topological polar surface area (TPSA) is 66.2 Å². The number of ether oxygens (including phenoxy) is 2. The van der Waals surface area contributed by atoms with E-state index in [-0.39, 0.29) is 17.4 Å². The summed E-state index contributed by atoms with van der Waals surface area (Å²) in [5, 5.41) is 9.08. The van der Waals surface area contributed by atoms with Crippen molar-refractivity contribution in [1.82, 2.24) is 14.8 Å². The van der Waals surface area contributed by atoms with Crippen LogP contribution < -0.4 is 9.47 Å². The first-order valence-electron chi connectivity index (χ1n) is 10.5. The van der Waals surface area contributed by atoms with Crippen LogP contribution in [0, 0.1) is 5.82 Å². The summed E-state index contributed by atoms with van der Waals surface area (Å²) in [7, 11) is 0. The van der Waals surface area contributed by atoms with E-state index >= 15 is 0 Å². The van der Waals surface area contributed by atoms with Gasteiger partial charge in [-0.25, -0.2) is 4.39 Å². The number of carbonyl (C=O) groups excluding carboxylic acids is 1. The number of carbonyl (C=O) groups is 1. The minimum absolute atomic E-state index is 0.0707. The predicted octanol–water partition coefficient (Wildman–Crippen LogP) is 4.88. The number of thioether (sulfide) groups is 1. The number of fused-ring (bicyclic) bond motifs is 1. The van der Waals surface area contributed by atoms with Crippen molar-refractivity contribution >= 4 is 17.5 Å². The fourth-order valence-electron chi connectivity index (χ4n) is 3.58. The third kappa shape index (κ3) is 4.61. The van der Waals surface area contributed by atoms with Crippen molar-refractivity contribution in [3.63, 3.8) is 0 Å². The van der Waals surface area contributed by atoms with Gasteiger partial charge in [-0.3, -0.25) is 9.36 Å². The largest absolute Gasteiger partial charge is 0.486 e. The third-order valence-corrected chi connectivity index (χ3v) is 6.18. The molecule has 0 fully saturated rings. The summed E-state index contributed by atoms with van der Waals surface area (Å²) in [4.78, 5) is 12.9. The highest BCUT2D eigenvalue weighted by molar-refractivity contribution is 7.99. The van der Waals surface area contributed by atoms with Crippen LogP contribution in [-0.2, 0) is 6.54 Å². The van der Waals surface area contributed by atoms with Crippen molar-refractivity contribution in [2.24, 2.45) is 0 Å². The van der Waals surface area contributed by atoms with E-state index in [1.165, 1.54) is 17.8 Å². The van der Waals surface area contributed by atoms with Crippen LogP contribution in [0.4, 0.5) is 4.39 Å². The number of halogens is 1. The maximum absolute atomic E-state index is 14.5. The molecular weight excluding hydrogens is 441 g/mol. The average Bonchev–Trinajstić information content (AvgIpc) is 3.25. The zero-order chi connectivity index (χ0) is 22.6. The van der Waals surface area contributed by atoms with E-state index in [1.807, 2.05) is 34.9 Å². The molecule has 6 nitrogen and oxygen atoms in total. The second-order valence-corrected chi connectivity index (χ2v) is 8.37. The molecule has 33 heavy (non-hydrogen) atoms. The van der Waals surface area contributed by atoms with Gasteiger partial charge in [0.2, 0.25) is 0 Å². The van der Waals surface area contributed by atoms with Gasteiger partial charge in [0.1, 0.15) is 19.0 Å². The molecule has 4 aromatic rings. The number of Topliss-reactive ketones (excluding diaryl/α,β-unsaturated/α-hetero) is 1. The van der Waals surface area contributed by atoms with E-state index in [0.29, 0.717) is 53.4 Å². The van der Waals surface area contributed by atoms with Crippen molar-refractivity contribution < 1.29 is 18.7 Å². The Bertz CT molecular complexity index is 1290. The molecule has 166 valence electrons. The molecule has 1 aliphatic rings. The van der Waals surface area contributed by atoms with Crippen molar-refractivity contribution in [3.8, 4) is 22.9 Å². The number of ketones is 1. The van der Waals surface area contributed by atoms with Crippen molar-refractivity contribution in [1.29, 1.82) is 0 Å². The lowest BCUT2D eigenvalue weighted by Crippen LogP contribution is -2.16. The number of hydrogen-bond donors (Lipinski definition) is 0. The monoisotopic (exact) mass is 461 g/mol. The Labute approximate surface area is 194 Å². The minimum atomic E-state index is -0.372. The van der Waals surface area contributed by atoms with Crippen LogP contribution in [0.2, 0.25) is 0 Å². The first-order valence-corrected chi connectivity index (χ1v) is 11.5. The molecule has 1 aliphatic heterocycles. The minimum Gasteiger partial charge on any atom is -0.486 e. The summed E-state index contributed by atoms with van der Waals surface area (Å²) in [5.74, 6) is 1.35. The van der Waals surface area contributed by atoms with Crippen LogP contribution in [-0.4, -0.2) is 39.5 Å². The Morgan fingerprint density at radius 1 is 0.939 bits per heavy atom. The molecule has 8 heteroatoms. The Morgan fingerprint density at radius 3 is 2.52 bits per heavy atom. The molecule has 2 heterocycles. The van der Waals surface area contributed by atoms with Crippen LogP contribution in [0.25, 0.3) is 11.4 Å². The van der Waals surface area contributed by atoms with Crippen molar-refractivity contribution in [2.45, 2.75) is 11.7 Å². The zero-order valence-electron chi connectivity index (χ0n) is 17.6. The van der Waals surface area contributed by atoms with E-state index in [4.69, 9.17) is 9.47 Å². The predicted molar refractivity (Wildman–Crippen MR) is 123 cm³/mol. The van der Waals surface area contributed by atoms with E-state index in [2.05, 4.69) is 10.2 Å². The fraction of sp³-hybridized carbons (Fsp3) is 0.160. The molecule has 0 atom stereocenters. The van der Waals surface area contributed by atoms with Gasteiger partial charge in [0.05, 0.1) is 17.9 Å². The molecule has 0 bridgehead atoms. The van der Waals surface area contributed by atoms with Gasteiger partial charge in [0.25, 0.3) is 0 Å².